The Labute approximate surface area is 114 Å². The molecule has 18 heavy (non-hydrogen) atoms. The third-order valence-corrected chi connectivity index (χ3v) is 3.09. The summed E-state index contributed by atoms with van der Waals surface area (Å²) in [5.41, 5.74) is 2.61. The molecule has 0 saturated heterocycles. The SMILES string of the molecule is Cc1ccc(Br)c(NC(=O)Nc2ccccc2)c1. The number of anilines is 2. The van der Waals surface area contributed by atoms with Crippen LogP contribution < -0.4 is 10.6 Å². The number of carbonyl (C=O) groups is 1. The Kier molecular flexibility index (Phi) is 3.99. The molecule has 0 aliphatic carbocycles. The number of benzene rings is 2. The number of carbonyl (C=O) groups excluding carboxylic acids is 1. The third-order valence-electron chi connectivity index (χ3n) is 2.40. The molecular weight excluding hydrogens is 292 g/mol. The number of para-hydroxylation sites is 1. The Morgan fingerprint density at radius 3 is 2.50 bits per heavy atom. The van der Waals surface area contributed by atoms with Gasteiger partial charge in [-0.3, -0.25) is 0 Å². The zero-order valence-corrected chi connectivity index (χ0v) is 11.5. The molecule has 0 bridgehead atoms. The highest BCUT2D eigenvalue weighted by Crippen LogP contribution is 2.23. The quantitative estimate of drug-likeness (QED) is 0.848. The molecule has 0 fully saturated rings. The molecule has 0 radical (unpaired) electrons. The van der Waals surface area contributed by atoms with Crippen molar-refractivity contribution in [2.45, 2.75) is 6.92 Å². The van der Waals surface area contributed by atoms with E-state index < -0.39 is 0 Å². The van der Waals surface area contributed by atoms with E-state index in [-0.39, 0.29) is 6.03 Å². The van der Waals surface area contributed by atoms with Crippen LogP contribution in [0.3, 0.4) is 0 Å². The van der Waals surface area contributed by atoms with Crippen LogP contribution in [0.5, 0.6) is 0 Å². The average Bonchev–Trinajstić information content (AvgIpc) is 2.35. The molecule has 0 atom stereocenters. The van der Waals surface area contributed by atoms with Crippen LogP contribution in [-0.2, 0) is 0 Å². The average molecular weight is 305 g/mol. The second kappa shape index (κ2) is 5.69. The predicted molar refractivity (Wildman–Crippen MR) is 78.0 cm³/mol. The molecule has 2 aromatic carbocycles. The van der Waals surface area contributed by atoms with Crippen molar-refractivity contribution in [2.75, 3.05) is 10.6 Å². The van der Waals surface area contributed by atoms with Crippen LogP contribution >= 0.6 is 15.9 Å². The summed E-state index contributed by atoms with van der Waals surface area (Å²) in [5, 5.41) is 5.57. The summed E-state index contributed by atoms with van der Waals surface area (Å²) in [4.78, 5) is 11.8. The second-order valence-electron chi connectivity index (χ2n) is 3.93. The predicted octanol–water partition coefficient (Wildman–Crippen LogP) is 4.40. The zero-order chi connectivity index (χ0) is 13.0. The summed E-state index contributed by atoms with van der Waals surface area (Å²) >= 11 is 3.40. The first-order chi connectivity index (χ1) is 8.65. The van der Waals surface area contributed by atoms with Crippen LogP contribution in [0, 0.1) is 6.92 Å². The fraction of sp³-hybridized carbons (Fsp3) is 0.0714. The van der Waals surface area contributed by atoms with Crippen molar-refractivity contribution in [2.24, 2.45) is 0 Å². The number of hydrogen-bond acceptors (Lipinski definition) is 1. The van der Waals surface area contributed by atoms with E-state index in [9.17, 15) is 4.79 Å². The first-order valence-electron chi connectivity index (χ1n) is 5.54. The van der Waals surface area contributed by atoms with Gasteiger partial charge in [0.25, 0.3) is 0 Å². The lowest BCUT2D eigenvalue weighted by Crippen LogP contribution is -2.19. The lowest BCUT2D eigenvalue weighted by atomic mass is 10.2. The molecule has 0 spiro atoms. The van der Waals surface area contributed by atoms with E-state index in [2.05, 4.69) is 26.6 Å². The highest BCUT2D eigenvalue weighted by atomic mass is 79.9. The van der Waals surface area contributed by atoms with E-state index >= 15 is 0 Å². The summed E-state index contributed by atoms with van der Waals surface area (Å²) in [6.07, 6.45) is 0. The van der Waals surface area contributed by atoms with E-state index in [0.717, 1.165) is 21.4 Å². The number of hydrogen-bond donors (Lipinski definition) is 2. The minimum absolute atomic E-state index is 0.257. The lowest BCUT2D eigenvalue weighted by Gasteiger charge is -2.09. The van der Waals surface area contributed by atoms with Crippen molar-refractivity contribution >= 4 is 33.3 Å². The fourth-order valence-corrected chi connectivity index (χ4v) is 1.89. The number of amides is 2. The molecule has 2 aromatic rings. The molecule has 2 amide bonds. The Morgan fingerprint density at radius 2 is 1.78 bits per heavy atom. The van der Waals surface area contributed by atoms with Crippen molar-refractivity contribution < 1.29 is 4.79 Å². The van der Waals surface area contributed by atoms with Gasteiger partial charge in [0.2, 0.25) is 0 Å². The van der Waals surface area contributed by atoms with E-state index in [1.54, 1.807) is 0 Å². The standard InChI is InChI=1S/C14H13BrN2O/c1-10-7-8-12(15)13(9-10)17-14(18)16-11-5-3-2-4-6-11/h2-9H,1H3,(H2,16,17,18). The monoisotopic (exact) mass is 304 g/mol. The smallest absolute Gasteiger partial charge is 0.308 e. The second-order valence-corrected chi connectivity index (χ2v) is 4.78. The van der Waals surface area contributed by atoms with Crippen LogP contribution in [0.2, 0.25) is 0 Å². The third kappa shape index (κ3) is 3.34. The number of urea groups is 1. The van der Waals surface area contributed by atoms with Gasteiger partial charge in [0.15, 0.2) is 0 Å². The molecule has 0 unspecified atom stereocenters. The van der Waals surface area contributed by atoms with Gasteiger partial charge in [-0.15, -0.1) is 0 Å². The first kappa shape index (κ1) is 12.6. The van der Waals surface area contributed by atoms with Crippen LogP contribution in [0.25, 0.3) is 0 Å². The van der Waals surface area contributed by atoms with Crippen LogP contribution in [0.15, 0.2) is 53.0 Å². The van der Waals surface area contributed by atoms with E-state index in [1.165, 1.54) is 0 Å². The molecule has 92 valence electrons. The molecular formula is C14H13BrN2O. The van der Waals surface area contributed by atoms with Gasteiger partial charge in [0.05, 0.1) is 5.69 Å². The number of halogens is 1. The lowest BCUT2D eigenvalue weighted by molar-refractivity contribution is 0.262. The maximum Gasteiger partial charge on any atom is 0.323 e. The molecule has 3 nitrogen and oxygen atoms in total. The fourth-order valence-electron chi connectivity index (χ4n) is 1.54. The van der Waals surface area contributed by atoms with Gasteiger partial charge in [0, 0.05) is 10.2 Å². The highest BCUT2D eigenvalue weighted by molar-refractivity contribution is 9.10. The van der Waals surface area contributed by atoms with Gasteiger partial charge in [-0.1, -0.05) is 24.3 Å². The normalized spacial score (nSPS) is 9.89. The van der Waals surface area contributed by atoms with Gasteiger partial charge >= 0.3 is 6.03 Å². The molecule has 0 saturated carbocycles. The van der Waals surface area contributed by atoms with Gasteiger partial charge < -0.3 is 10.6 Å². The van der Waals surface area contributed by atoms with Crippen LogP contribution in [-0.4, -0.2) is 6.03 Å². The largest absolute Gasteiger partial charge is 0.323 e. The number of aryl methyl sites for hydroxylation is 1. The molecule has 2 rings (SSSR count). The summed E-state index contributed by atoms with van der Waals surface area (Å²) in [7, 11) is 0. The molecule has 4 heteroatoms. The Morgan fingerprint density at radius 1 is 1.06 bits per heavy atom. The van der Waals surface area contributed by atoms with E-state index in [1.807, 2.05) is 55.5 Å². The first-order valence-corrected chi connectivity index (χ1v) is 6.33. The highest BCUT2D eigenvalue weighted by Gasteiger charge is 2.05. The topological polar surface area (TPSA) is 41.1 Å². The van der Waals surface area contributed by atoms with Gasteiger partial charge in [-0.25, -0.2) is 4.79 Å². The minimum Gasteiger partial charge on any atom is -0.308 e. The molecule has 2 N–H and O–H groups in total. The van der Waals surface area contributed by atoms with E-state index in [0.29, 0.717) is 0 Å². The van der Waals surface area contributed by atoms with Gasteiger partial charge in [0.1, 0.15) is 0 Å². The van der Waals surface area contributed by atoms with Crippen LogP contribution in [0.1, 0.15) is 5.56 Å². The summed E-state index contributed by atoms with van der Waals surface area (Å²) in [5.74, 6) is 0. The molecule has 0 aliphatic heterocycles. The van der Waals surface area contributed by atoms with Gasteiger partial charge in [-0.05, 0) is 52.7 Å². The maximum atomic E-state index is 11.8. The molecule has 0 aliphatic rings. The summed E-state index contributed by atoms with van der Waals surface area (Å²) < 4.78 is 0.858. The van der Waals surface area contributed by atoms with Crippen molar-refractivity contribution in [3.05, 3.63) is 58.6 Å². The van der Waals surface area contributed by atoms with Crippen molar-refractivity contribution in [3.8, 4) is 0 Å². The number of rotatable bonds is 2. The molecule has 0 heterocycles. The molecule has 0 aromatic heterocycles. The minimum atomic E-state index is -0.257. The number of nitrogens with one attached hydrogen (secondary N) is 2. The Balaban J connectivity index is 2.05. The van der Waals surface area contributed by atoms with Crippen LogP contribution in [0.4, 0.5) is 16.2 Å². The van der Waals surface area contributed by atoms with Crippen molar-refractivity contribution in [3.63, 3.8) is 0 Å². The zero-order valence-electron chi connectivity index (χ0n) is 9.91. The van der Waals surface area contributed by atoms with E-state index in [4.69, 9.17) is 0 Å². The summed E-state index contributed by atoms with van der Waals surface area (Å²) in [6.45, 7) is 1.98. The van der Waals surface area contributed by atoms with Gasteiger partial charge in [-0.2, -0.15) is 0 Å². The maximum absolute atomic E-state index is 11.8. The summed E-state index contributed by atoms with van der Waals surface area (Å²) in [6, 6.07) is 14.9. The van der Waals surface area contributed by atoms with Crippen molar-refractivity contribution in [1.29, 1.82) is 0 Å². The Bertz CT molecular complexity index is 555. The Hall–Kier alpha value is -1.81. The van der Waals surface area contributed by atoms with Crippen molar-refractivity contribution in [1.82, 2.24) is 0 Å².